The van der Waals surface area contributed by atoms with Gasteiger partial charge >= 0.3 is 0 Å². The number of ether oxygens (including phenoxy) is 1. The number of benzene rings is 1. The minimum atomic E-state index is -0.315. The smallest absolute Gasteiger partial charge is 0.258 e. The standard InChI is InChI=1S/C12H13N3O3/c1-7-5-11(18-15-7)14-12(16)8-3-4-9(13)10(6-8)17-2/h3-6H,13H2,1-2H3,(H,14,16). The fourth-order valence-electron chi connectivity index (χ4n) is 1.46. The summed E-state index contributed by atoms with van der Waals surface area (Å²) >= 11 is 0. The number of rotatable bonds is 3. The van der Waals surface area contributed by atoms with Gasteiger partial charge in [-0.15, -0.1) is 0 Å². The lowest BCUT2D eigenvalue weighted by atomic mass is 10.2. The molecule has 0 aliphatic carbocycles. The maximum atomic E-state index is 11.9. The molecule has 0 radical (unpaired) electrons. The topological polar surface area (TPSA) is 90.4 Å². The summed E-state index contributed by atoms with van der Waals surface area (Å²) in [6, 6.07) is 6.41. The van der Waals surface area contributed by atoms with Crippen molar-refractivity contribution in [3.63, 3.8) is 0 Å². The van der Waals surface area contributed by atoms with E-state index in [2.05, 4.69) is 10.5 Å². The normalized spacial score (nSPS) is 10.1. The van der Waals surface area contributed by atoms with Crippen molar-refractivity contribution in [3.8, 4) is 5.75 Å². The molecule has 0 saturated heterocycles. The molecule has 6 heteroatoms. The van der Waals surface area contributed by atoms with Crippen LogP contribution < -0.4 is 15.8 Å². The highest BCUT2D eigenvalue weighted by molar-refractivity contribution is 6.04. The molecule has 0 aliphatic rings. The summed E-state index contributed by atoms with van der Waals surface area (Å²) in [7, 11) is 1.49. The van der Waals surface area contributed by atoms with Gasteiger partial charge < -0.3 is 15.0 Å². The third-order valence-corrected chi connectivity index (χ3v) is 2.36. The molecule has 2 aromatic rings. The molecule has 94 valence electrons. The van der Waals surface area contributed by atoms with Crippen molar-refractivity contribution in [2.45, 2.75) is 6.92 Å². The van der Waals surface area contributed by atoms with E-state index in [-0.39, 0.29) is 5.91 Å². The summed E-state index contributed by atoms with van der Waals surface area (Å²) in [5.41, 5.74) is 7.27. The van der Waals surface area contributed by atoms with Crippen LogP contribution in [0.2, 0.25) is 0 Å². The van der Waals surface area contributed by atoms with Crippen molar-refractivity contribution in [2.75, 3.05) is 18.2 Å². The summed E-state index contributed by atoms with van der Waals surface area (Å²) in [5.74, 6) is 0.439. The predicted molar refractivity (Wildman–Crippen MR) is 66.6 cm³/mol. The fraction of sp³-hybridized carbons (Fsp3) is 0.167. The number of nitrogen functional groups attached to an aromatic ring is 1. The highest BCUT2D eigenvalue weighted by Crippen LogP contribution is 2.22. The predicted octanol–water partition coefficient (Wildman–Crippen LogP) is 1.83. The average Bonchev–Trinajstić information content (AvgIpc) is 2.75. The van der Waals surface area contributed by atoms with Crippen LogP contribution in [-0.4, -0.2) is 18.2 Å². The van der Waals surface area contributed by atoms with E-state index in [0.717, 1.165) is 0 Å². The highest BCUT2D eigenvalue weighted by atomic mass is 16.5. The zero-order chi connectivity index (χ0) is 13.1. The molecule has 0 bridgehead atoms. The van der Waals surface area contributed by atoms with Crippen LogP contribution in [0.15, 0.2) is 28.8 Å². The Morgan fingerprint density at radius 1 is 1.44 bits per heavy atom. The second-order valence-corrected chi connectivity index (χ2v) is 3.74. The van der Waals surface area contributed by atoms with Crippen molar-refractivity contribution >= 4 is 17.5 Å². The Morgan fingerprint density at radius 3 is 2.83 bits per heavy atom. The third-order valence-electron chi connectivity index (χ3n) is 2.36. The van der Waals surface area contributed by atoms with Crippen LogP contribution in [0.25, 0.3) is 0 Å². The number of methoxy groups -OCH3 is 1. The molecule has 0 atom stereocenters. The number of hydrogen-bond donors (Lipinski definition) is 2. The largest absolute Gasteiger partial charge is 0.495 e. The molecule has 1 heterocycles. The van der Waals surface area contributed by atoms with E-state index in [1.807, 2.05) is 0 Å². The third kappa shape index (κ3) is 2.42. The summed E-state index contributed by atoms with van der Waals surface area (Å²) in [5, 5.41) is 6.26. The van der Waals surface area contributed by atoms with Gasteiger partial charge in [0.05, 0.1) is 18.5 Å². The van der Waals surface area contributed by atoms with Crippen molar-refractivity contribution < 1.29 is 14.1 Å². The highest BCUT2D eigenvalue weighted by Gasteiger charge is 2.11. The number of nitrogens with zero attached hydrogens (tertiary/aromatic N) is 1. The number of carbonyl (C=O) groups is 1. The lowest BCUT2D eigenvalue weighted by Crippen LogP contribution is -2.11. The SMILES string of the molecule is COc1cc(C(=O)Nc2cc(C)no2)ccc1N. The molecule has 0 spiro atoms. The van der Waals surface area contributed by atoms with Gasteiger partial charge in [0.15, 0.2) is 0 Å². The van der Waals surface area contributed by atoms with Crippen LogP contribution in [0.1, 0.15) is 16.1 Å². The second kappa shape index (κ2) is 4.79. The van der Waals surface area contributed by atoms with E-state index in [9.17, 15) is 4.79 Å². The molecular formula is C12H13N3O3. The first-order valence-corrected chi connectivity index (χ1v) is 5.28. The van der Waals surface area contributed by atoms with Gasteiger partial charge in [0.1, 0.15) is 5.75 Å². The summed E-state index contributed by atoms with van der Waals surface area (Å²) < 4.78 is 9.95. The number of aryl methyl sites for hydroxylation is 1. The summed E-state index contributed by atoms with van der Waals surface area (Å²) in [4.78, 5) is 11.9. The van der Waals surface area contributed by atoms with Gasteiger partial charge in [-0.05, 0) is 25.1 Å². The average molecular weight is 247 g/mol. The lowest BCUT2D eigenvalue weighted by Gasteiger charge is -2.06. The monoisotopic (exact) mass is 247 g/mol. The molecule has 6 nitrogen and oxygen atoms in total. The number of aromatic nitrogens is 1. The van der Waals surface area contributed by atoms with Crippen LogP contribution in [0.4, 0.5) is 11.6 Å². The maximum Gasteiger partial charge on any atom is 0.258 e. The molecule has 0 saturated carbocycles. The van der Waals surface area contributed by atoms with E-state index in [4.69, 9.17) is 15.0 Å². The Balaban J connectivity index is 2.18. The first kappa shape index (κ1) is 12.0. The molecule has 1 amide bonds. The van der Waals surface area contributed by atoms with Crippen LogP contribution in [0.5, 0.6) is 5.75 Å². The quantitative estimate of drug-likeness (QED) is 0.807. The first-order valence-electron chi connectivity index (χ1n) is 5.28. The van der Waals surface area contributed by atoms with E-state index < -0.39 is 0 Å². The van der Waals surface area contributed by atoms with Gasteiger partial charge in [0.2, 0.25) is 5.88 Å². The summed E-state index contributed by atoms with van der Waals surface area (Å²) in [6.45, 7) is 1.77. The number of anilines is 2. The van der Waals surface area contributed by atoms with E-state index >= 15 is 0 Å². The van der Waals surface area contributed by atoms with E-state index in [0.29, 0.717) is 28.6 Å². The van der Waals surface area contributed by atoms with Crippen LogP contribution in [0, 0.1) is 6.92 Å². The zero-order valence-corrected chi connectivity index (χ0v) is 10.1. The van der Waals surface area contributed by atoms with Crippen molar-refractivity contribution in [1.82, 2.24) is 5.16 Å². The molecule has 1 aromatic heterocycles. The Labute approximate surface area is 104 Å². The van der Waals surface area contributed by atoms with Gasteiger partial charge in [-0.3, -0.25) is 10.1 Å². The molecule has 18 heavy (non-hydrogen) atoms. The molecule has 0 fully saturated rings. The molecule has 0 unspecified atom stereocenters. The van der Waals surface area contributed by atoms with Crippen LogP contribution in [-0.2, 0) is 0 Å². The van der Waals surface area contributed by atoms with Gasteiger partial charge in [-0.25, -0.2) is 0 Å². The van der Waals surface area contributed by atoms with Gasteiger partial charge in [0, 0.05) is 11.6 Å². The first-order chi connectivity index (χ1) is 8.60. The number of nitrogens with two attached hydrogens (primary N) is 1. The molecule has 1 aromatic carbocycles. The lowest BCUT2D eigenvalue weighted by molar-refractivity contribution is 0.102. The van der Waals surface area contributed by atoms with Crippen molar-refractivity contribution in [3.05, 3.63) is 35.5 Å². The Morgan fingerprint density at radius 2 is 2.22 bits per heavy atom. The van der Waals surface area contributed by atoms with Gasteiger partial charge in [0.25, 0.3) is 5.91 Å². The molecular weight excluding hydrogens is 234 g/mol. The van der Waals surface area contributed by atoms with Crippen LogP contribution in [0.3, 0.4) is 0 Å². The number of nitrogens with one attached hydrogen (secondary N) is 1. The van der Waals surface area contributed by atoms with Crippen LogP contribution >= 0.6 is 0 Å². The fourth-order valence-corrected chi connectivity index (χ4v) is 1.46. The van der Waals surface area contributed by atoms with E-state index in [1.165, 1.54) is 7.11 Å². The Hall–Kier alpha value is -2.50. The molecule has 2 rings (SSSR count). The zero-order valence-electron chi connectivity index (χ0n) is 10.1. The maximum absolute atomic E-state index is 11.9. The van der Waals surface area contributed by atoms with Crippen molar-refractivity contribution in [2.24, 2.45) is 0 Å². The molecule has 0 aliphatic heterocycles. The Bertz CT molecular complexity index is 578. The molecule has 3 N–H and O–H groups in total. The van der Waals surface area contributed by atoms with E-state index in [1.54, 1.807) is 31.2 Å². The number of hydrogen-bond acceptors (Lipinski definition) is 5. The Kier molecular flexibility index (Phi) is 3.18. The minimum absolute atomic E-state index is 0.299. The minimum Gasteiger partial charge on any atom is -0.495 e. The second-order valence-electron chi connectivity index (χ2n) is 3.74. The summed E-state index contributed by atoms with van der Waals surface area (Å²) in [6.07, 6.45) is 0. The van der Waals surface area contributed by atoms with Crippen molar-refractivity contribution in [1.29, 1.82) is 0 Å². The number of carbonyl (C=O) groups excluding carboxylic acids is 1. The van der Waals surface area contributed by atoms with Gasteiger partial charge in [-0.1, -0.05) is 5.16 Å². The number of amides is 1. The van der Waals surface area contributed by atoms with Gasteiger partial charge in [-0.2, -0.15) is 0 Å².